The van der Waals surface area contributed by atoms with Crippen molar-refractivity contribution >= 4 is 17.2 Å². The fourth-order valence-electron chi connectivity index (χ4n) is 2.10. The molecule has 0 unspecified atom stereocenters. The maximum Gasteiger partial charge on any atom is 0.227 e. The molecular weight excluding hydrogens is 298 g/mol. The average Bonchev–Trinajstić information content (AvgIpc) is 3.13. The van der Waals surface area contributed by atoms with Gasteiger partial charge in [0.1, 0.15) is 0 Å². The highest BCUT2D eigenvalue weighted by atomic mass is 32.1. The molecule has 2 aromatic rings. The Hall–Kier alpha value is -1.69. The first-order valence-electron chi connectivity index (χ1n) is 7.62. The van der Waals surface area contributed by atoms with Gasteiger partial charge in [0.25, 0.3) is 0 Å². The van der Waals surface area contributed by atoms with Gasteiger partial charge in [0, 0.05) is 23.6 Å². The van der Waals surface area contributed by atoms with E-state index in [9.17, 15) is 4.79 Å². The zero-order valence-electron chi connectivity index (χ0n) is 13.5. The van der Waals surface area contributed by atoms with Gasteiger partial charge in [0.15, 0.2) is 5.82 Å². The third-order valence-electron chi connectivity index (χ3n) is 3.40. The number of rotatable bonds is 7. The normalized spacial score (nSPS) is 12.8. The molecule has 0 saturated heterocycles. The van der Waals surface area contributed by atoms with Crippen molar-refractivity contribution in [3.8, 4) is 0 Å². The molecule has 5 nitrogen and oxygen atoms in total. The highest BCUT2D eigenvalue weighted by molar-refractivity contribution is 7.10. The van der Waals surface area contributed by atoms with Gasteiger partial charge in [0.2, 0.25) is 11.8 Å². The van der Waals surface area contributed by atoms with Gasteiger partial charge in [-0.1, -0.05) is 38.9 Å². The van der Waals surface area contributed by atoms with Crippen molar-refractivity contribution in [2.24, 2.45) is 5.92 Å². The van der Waals surface area contributed by atoms with Crippen LogP contribution in [0, 0.1) is 5.92 Å². The second-order valence-corrected chi connectivity index (χ2v) is 6.98. The fourth-order valence-corrected chi connectivity index (χ4v) is 3.05. The number of carbonyl (C=O) groups excluding carboxylic acids is 1. The number of nitrogens with one attached hydrogen (secondary N) is 1. The molecule has 2 aromatic heterocycles. The van der Waals surface area contributed by atoms with E-state index in [2.05, 4.69) is 35.4 Å². The molecule has 0 saturated carbocycles. The molecule has 1 N–H and O–H groups in total. The minimum absolute atomic E-state index is 0.0106. The second kappa shape index (κ2) is 7.54. The van der Waals surface area contributed by atoms with E-state index in [1.807, 2.05) is 25.3 Å². The molecule has 22 heavy (non-hydrogen) atoms. The molecule has 0 spiro atoms. The summed E-state index contributed by atoms with van der Waals surface area (Å²) in [4.78, 5) is 17.6. The Morgan fingerprint density at radius 1 is 1.36 bits per heavy atom. The van der Waals surface area contributed by atoms with Crippen molar-refractivity contribution in [1.82, 2.24) is 15.5 Å². The van der Waals surface area contributed by atoms with E-state index in [4.69, 9.17) is 4.52 Å². The predicted octanol–water partition coefficient (Wildman–Crippen LogP) is 3.70. The van der Waals surface area contributed by atoms with E-state index in [1.54, 1.807) is 11.3 Å². The summed E-state index contributed by atoms with van der Waals surface area (Å²) in [6.45, 7) is 8.24. The maximum absolute atomic E-state index is 12.2. The Labute approximate surface area is 135 Å². The van der Waals surface area contributed by atoms with Crippen molar-refractivity contribution in [3.63, 3.8) is 0 Å². The van der Waals surface area contributed by atoms with Crippen LogP contribution < -0.4 is 5.32 Å². The lowest BCUT2D eigenvalue weighted by atomic mass is 10.0. The minimum atomic E-state index is 0.0106. The van der Waals surface area contributed by atoms with Crippen LogP contribution in [-0.4, -0.2) is 16.0 Å². The van der Waals surface area contributed by atoms with E-state index in [0.29, 0.717) is 30.5 Å². The zero-order valence-corrected chi connectivity index (χ0v) is 14.3. The maximum atomic E-state index is 12.2. The summed E-state index contributed by atoms with van der Waals surface area (Å²) in [5.74, 6) is 1.80. The Morgan fingerprint density at radius 3 is 2.68 bits per heavy atom. The number of hydrogen-bond donors (Lipinski definition) is 1. The fraction of sp³-hybridized carbons (Fsp3) is 0.562. The number of aromatic nitrogens is 2. The Kier molecular flexibility index (Phi) is 5.71. The quantitative estimate of drug-likeness (QED) is 0.844. The van der Waals surface area contributed by atoms with Gasteiger partial charge >= 0.3 is 0 Å². The average molecular weight is 321 g/mol. The molecule has 1 atom stereocenters. The first-order valence-corrected chi connectivity index (χ1v) is 8.50. The van der Waals surface area contributed by atoms with Gasteiger partial charge in [-0.3, -0.25) is 4.79 Å². The van der Waals surface area contributed by atoms with Gasteiger partial charge in [0.05, 0.1) is 6.04 Å². The highest BCUT2D eigenvalue weighted by Gasteiger charge is 2.19. The van der Waals surface area contributed by atoms with E-state index in [1.165, 1.54) is 4.88 Å². The summed E-state index contributed by atoms with van der Waals surface area (Å²) in [6.07, 6.45) is 0.829. The van der Waals surface area contributed by atoms with Crippen molar-refractivity contribution in [1.29, 1.82) is 0 Å². The predicted molar refractivity (Wildman–Crippen MR) is 86.7 cm³/mol. The Bertz CT molecular complexity index is 590. The van der Waals surface area contributed by atoms with Crippen LogP contribution in [0.5, 0.6) is 0 Å². The molecule has 0 aliphatic heterocycles. The summed E-state index contributed by atoms with van der Waals surface area (Å²) in [7, 11) is 0. The van der Waals surface area contributed by atoms with Crippen LogP contribution in [0.1, 0.15) is 62.7 Å². The van der Waals surface area contributed by atoms with Crippen LogP contribution >= 0.6 is 11.3 Å². The molecule has 6 heteroatoms. The number of amides is 1. The lowest BCUT2D eigenvalue weighted by Crippen LogP contribution is -2.31. The molecule has 0 aliphatic carbocycles. The molecule has 0 fully saturated rings. The molecule has 0 aliphatic rings. The summed E-state index contributed by atoms with van der Waals surface area (Å²) in [6, 6.07) is 4.12. The minimum Gasteiger partial charge on any atom is -0.348 e. The standard InChI is InChI=1S/C16H23N3O2S/c1-10(2)15(12-6-5-9-22-12)17-13(20)7-8-14-18-16(11(3)4)19-21-14/h5-6,9-11,15H,7-8H2,1-4H3,(H,17,20)/t15-/m1/s1. The van der Waals surface area contributed by atoms with Crippen LogP contribution in [0.3, 0.4) is 0 Å². The van der Waals surface area contributed by atoms with Crippen LogP contribution in [-0.2, 0) is 11.2 Å². The van der Waals surface area contributed by atoms with Crippen molar-refractivity contribution in [3.05, 3.63) is 34.1 Å². The lowest BCUT2D eigenvalue weighted by Gasteiger charge is -2.21. The molecule has 0 bridgehead atoms. The van der Waals surface area contributed by atoms with Gasteiger partial charge in [-0.2, -0.15) is 4.98 Å². The van der Waals surface area contributed by atoms with Crippen molar-refractivity contribution < 1.29 is 9.32 Å². The van der Waals surface area contributed by atoms with Gasteiger partial charge in [-0.25, -0.2) is 0 Å². The summed E-state index contributed by atoms with van der Waals surface area (Å²) >= 11 is 1.67. The largest absolute Gasteiger partial charge is 0.348 e. The van der Waals surface area contributed by atoms with Crippen LogP contribution in [0.25, 0.3) is 0 Å². The third-order valence-corrected chi connectivity index (χ3v) is 4.35. The zero-order chi connectivity index (χ0) is 16.1. The number of hydrogen-bond acceptors (Lipinski definition) is 5. The SMILES string of the molecule is CC(C)c1noc(CCC(=O)N[C@@H](c2cccs2)C(C)C)n1. The smallest absolute Gasteiger partial charge is 0.227 e. The van der Waals surface area contributed by atoms with Gasteiger partial charge in [-0.05, 0) is 17.4 Å². The highest BCUT2D eigenvalue weighted by Crippen LogP contribution is 2.25. The number of nitrogens with zero attached hydrogens (tertiary/aromatic N) is 2. The van der Waals surface area contributed by atoms with Crippen molar-refractivity contribution in [2.75, 3.05) is 0 Å². The topological polar surface area (TPSA) is 68.0 Å². The first kappa shape index (κ1) is 16.7. The van der Waals surface area contributed by atoms with E-state index in [-0.39, 0.29) is 17.9 Å². The van der Waals surface area contributed by atoms with Gasteiger partial charge in [-0.15, -0.1) is 11.3 Å². The Balaban J connectivity index is 1.88. The number of thiophene rings is 1. The summed E-state index contributed by atoms with van der Waals surface area (Å²) in [5.41, 5.74) is 0. The Morgan fingerprint density at radius 2 is 2.14 bits per heavy atom. The lowest BCUT2D eigenvalue weighted by molar-refractivity contribution is -0.122. The molecule has 120 valence electrons. The first-order chi connectivity index (χ1) is 10.5. The second-order valence-electron chi connectivity index (χ2n) is 6.01. The number of carbonyl (C=O) groups is 1. The van der Waals surface area contributed by atoms with Crippen LogP contribution in [0.4, 0.5) is 0 Å². The monoisotopic (exact) mass is 321 g/mol. The van der Waals surface area contributed by atoms with Crippen LogP contribution in [0.15, 0.2) is 22.0 Å². The van der Waals surface area contributed by atoms with E-state index >= 15 is 0 Å². The summed E-state index contributed by atoms with van der Waals surface area (Å²) < 4.78 is 5.16. The molecular formula is C16H23N3O2S. The molecule has 2 heterocycles. The van der Waals surface area contributed by atoms with Crippen molar-refractivity contribution in [2.45, 2.75) is 52.5 Å². The molecule has 0 aromatic carbocycles. The number of aryl methyl sites for hydroxylation is 1. The van der Waals surface area contributed by atoms with Gasteiger partial charge < -0.3 is 9.84 Å². The van der Waals surface area contributed by atoms with Crippen LogP contribution in [0.2, 0.25) is 0 Å². The molecule has 2 rings (SSSR count). The van der Waals surface area contributed by atoms with E-state index < -0.39 is 0 Å². The third kappa shape index (κ3) is 4.40. The summed E-state index contributed by atoms with van der Waals surface area (Å²) in [5, 5.41) is 9.04. The van der Waals surface area contributed by atoms with E-state index in [0.717, 1.165) is 0 Å². The molecule has 1 amide bonds. The molecule has 0 radical (unpaired) electrons.